The van der Waals surface area contributed by atoms with Crippen LogP contribution in [0.3, 0.4) is 0 Å². The lowest BCUT2D eigenvalue weighted by Crippen LogP contribution is -2.27. The summed E-state index contributed by atoms with van der Waals surface area (Å²) in [6.45, 7) is 1.06. The third kappa shape index (κ3) is 1.60. The summed E-state index contributed by atoms with van der Waals surface area (Å²) in [4.78, 5) is 14.7. The van der Waals surface area contributed by atoms with Gasteiger partial charge in [0.1, 0.15) is 0 Å². The lowest BCUT2D eigenvalue weighted by atomic mass is 9.99. The van der Waals surface area contributed by atoms with Crippen molar-refractivity contribution in [2.24, 2.45) is 0 Å². The molecule has 1 aliphatic carbocycles. The molecule has 18 heavy (non-hydrogen) atoms. The van der Waals surface area contributed by atoms with Crippen molar-refractivity contribution in [3.63, 3.8) is 0 Å². The first kappa shape index (κ1) is 11.5. The number of fused-ring (bicyclic) bond motifs is 1. The van der Waals surface area contributed by atoms with E-state index in [1.807, 2.05) is 0 Å². The van der Waals surface area contributed by atoms with E-state index < -0.39 is 6.09 Å². The van der Waals surface area contributed by atoms with E-state index in [0.717, 1.165) is 5.56 Å². The number of rotatable bonds is 2. The first-order valence-corrected chi connectivity index (χ1v) is 6.30. The minimum atomic E-state index is -0.832. The molecular weight excluding hydrogens is 228 g/mol. The van der Waals surface area contributed by atoms with Gasteiger partial charge in [-0.25, -0.2) is 4.79 Å². The van der Waals surface area contributed by atoms with Gasteiger partial charge < -0.3 is 5.11 Å². The van der Waals surface area contributed by atoms with Crippen LogP contribution in [0.4, 0.5) is 4.79 Å². The number of nitrogens with zero attached hydrogens (tertiary/aromatic N) is 2. The van der Waals surface area contributed by atoms with Gasteiger partial charge >= 0.3 is 6.09 Å². The van der Waals surface area contributed by atoms with E-state index >= 15 is 0 Å². The van der Waals surface area contributed by atoms with Crippen LogP contribution in [0.1, 0.15) is 29.5 Å². The van der Waals surface area contributed by atoms with Gasteiger partial charge in [-0.15, -0.1) is 0 Å². The average Bonchev–Trinajstić information content (AvgIpc) is 3.02. The zero-order valence-electron chi connectivity index (χ0n) is 10.8. The van der Waals surface area contributed by atoms with Gasteiger partial charge in [-0.1, -0.05) is 18.2 Å². The molecule has 2 aliphatic rings. The largest absolute Gasteiger partial charge is 0.465 e. The van der Waals surface area contributed by atoms with Crippen LogP contribution in [0.25, 0.3) is 0 Å². The third-order valence-electron chi connectivity index (χ3n) is 4.32. The lowest BCUT2D eigenvalue weighted by molar-refractivity contribution is 0.145. The Bertz CT molecular complexity index is 507. The molecule has 1 amide bonds. The number of carboxylic acid groups (broad SMARTS) is 1. The van der Waals surface area contributed by atoms with E-state index in [-0.39, 0.29) is 5.54 Å². The normalized spacial score (nSPS) is 20.1. The van der Waals surface area contributed by atoms with Crippen LogP contribution in [0, 0.1) is 0 Å². The Balaban J connectivity index is 1.91. The summed E-state index contributed by atoms with van der Waals surface area (Å²) < 4.78 is 0. The van der Waals surface area contributed by atoms with Crippen molar-refractivity contribution in [1.29, 1.82) is 0 Å². The fraction of sp³-hybridized carbons (Fsp3) is 0.500. The van der Waals surface area contributed by atoms with Gasteiger partial charge in [0, 0.05) is 18.6 Å². The molecule has 1 aliphatic heterocycles. The summed E-state index contributed by atoms with van der Waals surface area (Å²) in [5, 5.41) is 9.03. The highest BCUT2D eigenvalue weighted by Gasteiger charge is 2.46. The van der Waals surface area contributed by atoms with Gasteiger partial charge in [-0.3, -0.25) is 9.80 Å². The van der Waals surface area contributed by atoms with Gasteiger partial charge in [0.15, 0.2) is 0 Å². The van der Waals surface area contributed by atoms with Gasteiger partial charge in [-0.2, -0.15) is 0 Å². The molecule has 0 aromatic heterocycles. The van der Waals surface area contributed by atoms with Crippen molar-refractivity contribution in [2.45, 2.75) is 31.5 Å². The maximum absolute atomic E-state index is 11.0. The summed E-state index contributed by atoms with van der Waals surface area (Å²) in [6, 6.07) is 6.46. The summed E-state index contributed by atoms with van der Waals surface area (Å²) in [6.07, 6.45) is 1.56. The molecule has 4 nitrogen and oxygen atoms in total. The number of benzene rings is 1. The molecule has 1 heterocycles. The molecule has 1 aromatic rings. The minimum Gasteiger partial charge on any atom is -0.465 e. The van der Waals surface area contributed by atoms with Gasteiger partial charge in [0.05, 0.1) is 0 Å². The summed E-state index contributed by atoms with van der Waals surface area (Å²) in [5.41, 5.74) is 3.85. The molecule has 96 valence electrons. The molecule has 0 bridgehead atoms. The van der Waals surface area contributed by atoms with Crippen LogP contribution in [0.2, 0.25) is 0 Å². The quantitative estimate of drug-likeness (QED) is 0.870. The molecule has 0 radical (unpaired) electrons. The Morgan fingerprint density at radius 2 is 1.94 bits per heavy atom. The molecule has 1 N–H and O–H groups in total. The Kier molecular flexibility index (Phi) is 2.38. The fourth-order valence-electron chi connectivity index (χ4n) is 2.93. The van der Waals surface area contributed by atoms with E-state index in [2.05, 4.69) is 37.2 Å². The second-order valence-electron chi connectivity index (χ2n) is 5.55. The molecule has 3 rings (SSSR count). The van der Waals surface area contributed by atoms with Crippen molar-refractivity contribution >= 4 is 6.09 Å². The molecular formula is C14H18N2O2. The van der Waals surface area contributed by atoms with E-state index in [1.54, 1.807) is 0 Å². The Morgan fingerprint density at radius 1 is 1.28 bits per heavy atom. The Hall–Kier alpha value is -1.55. The second-order valence-corrected chi connectivity index (χ2v) is 5.55. The third-order valence-corrected chi connectivity index (χ3v) is 4.32. The second kappa shape index (κ2) is 3.72. The highest BCUT2D eigenvalue weighted by atomic mass is 16.4. The van der Waals surface area contributed by atoms with E-state index in [0.29, 0.717) is 13.1 Å². The van der Waals surface area contributed by atoms with E-state index in [1.165, 1.54) is 28.9 Å². The van der Waals surface area contributed by atoms with Crippen molar-refractivity contribution < 1.29 is 9.90 Å². The van der Waals surface area contributed by atoms with Crippen molar-refractivity contribution in [3.8, 4) is 0 Å². The Morgan fingerprint density at radius 3 is 2.50 bits per heavy atom. The van der Waals surface area contributed by atoms with Gasteiger partial charge in [0.2, 0.25) is 0 Å². The molecule has 1 saturated carbocycles. The van der Waals surface area contributed by atoms with Gasteiger partial charge in [-0.05, 0) is 43.6 Å². The SMILES string of the molecule is CN(C)C1(c2ccc3c(c2)CN(C(=O)O)C3)CC1. The maximum atomic E-state index is 11.0. The summed E-state index contributed by atoms with van der Waals surface area (Å²) in [7, 11) is 4.23. The number of carbonyl (C=O) groups is 1. The highest BCUT2D eigenvalue weighted by molar-refractivity contribution is 5.66. The minimum absolute atomic E-state index is 0.200. The van der Waals surface area contributed by atoms with Crippen LogP contribution in [0.15, 0.2) is 18.2 Å². The van der Waals surface area contributed by atoms with Crippen LogP contribution in [-0.2, 0) is 18.6 Å². The number of hydrogen-bond donors (Lipinski definition) is 1. The molecule has 0 atom stereocenters. The first-order valence-electron chi connectivity index (χ1n) is 6.30. The predicted molar refractivity (Wildman–Crippen MR) is 68.3 cm³/mol. The molecule has 4 heteroatoms. The first-order chi connectivity index (χ1) is 8.53. The lowest BCUT2D eigenvalue weighted by Gasteiger charge is -2.24. The number of hydrogen-bond acceptors (Lipinski definition) is 2. The zero-order valence-corrected chi connectivity index (χ0v) is 10.8. The maximum Gasteiger partial charge on any atom is 0.407 e. The van der Waals surface area contributed by atoms with E-state index in [9.17, 15) is 4.79 Å². The molecule has 0 unspecified atom stereocenters. The van der Waals surface area contributed by atoms with E-state index in [4.69, 9.17) is 5.11 Å². The Labute approximate surface area is 107 Å². The smallest absolute Gasteiger partial charge is 0.407 e. The highest BCUT2D eigenvalue weighted by Crippen LogP contribution is 2.50. The van der Waals surface area contributed by atoms with Crippen LogP contribution >= 0.6 is 0 Å². The standard InChI is InChI=1S/C14H18N2O2/c1-15(2)14(5-6-14)12-4-3-10-8-16(13(17)18)9-11(10)7-12/h3-4,7H,5-6,8-9H2,1-2H3,(H,17,18). The summed E-state index contributed by atoms with van der Waals surface area (Å²) in [5.74, 6) is 0. The average molecular weight is 246 g/mol. The topological polar surface area (TPSA) is 43.8 Å². The molecule has 0 saturated heterocycles. The van der Waals surface area contributed by atoms with Crippen LogP contribution in [-0.4, -0.2) is 35.1 Å². The van der Waals surface area contributed by atoms with Crippen molar-refractivity contribution in [1.82, 2.24) is 9.80 Å². The van der Waals surface area contributed by atoms with Crippen LogP contribution in [0.5, 0.6) is 0 Å². The molecule has 0 spiro atoms. The van der Waals surface area contributed by atoms with Crippen LogP contribution < -0.4 is 0 Å². The zero-order chi connectivity index (χ0) is 12.9. The monoisotopic (exact) mass is 246 g/mol. The molecule has 1 fully saturated rings. The van der Waals surface area contributed by atoms with Gasteiger partial charge in [0.25, 0.3) is 0 Å². The fourth-order valence-corrected chi connectivity index (χ4v) is 2.93. The molecule has 1 aromatic carbocycles. The van der Waals surface area contributed by atoms with Crippen molar-refractivity contribution in [3.05, 3.63) is 34.9 Å². The van der Waals surface area contributed by atoms with Crippen molar-refractivity contribution in [2.75, 3.05) is 14.1 Å². The predicted octanol–water partition coefficient (Wildman–Crippen LogP) is 2.23. The number of amides is 1. The summed E-state index contributed by atoms with van der Waals surface area (Å²) >= 11 is 0.